The van der Waals surface area contributed by atoms with Crippen LogP contribution in [0.25, 0.3) is 0 Å². The summed E-state index contributed by atoms with van der Waals surface area (Å²) in [5.41, 5.74) is 0.574. The third-order valence-corrected chi connectivity index (χ3v) is 5.49. The molecule has 2 aromatic rings. The van der Waals surface area contributed by atoms with Crippen LogP contribution in [0.15, 0.2) is 42.5 Å². The van der Waals surface area contributed by atoms with Gasteiger partial charge in [-0.3, -0.25) is 9.59 Å². The Morgan fingerprint density at radius 3 is 2.40 bits per heavy atom. The number of nitrogens with one attached hydrogen (secondary N) is 1. The first-order valence-corrected chi connectivity index (χ1v) is 10.8. The fourth-order valence-corrected chi connectivity index (χ4v) is 3.45. The lowest BCUT2D eigenvalue weighted by Gasteiger charge is -2.29. The van der Waals surface area contributed by atoms with Gasteiger partial charge in [-0.05, 0) is 43.7 Å². The van der Waals surface area contributed by atoms with Crippen molar-refractivity contribution in [2.75, 3.05) is 13.2 Å². The van der Waals surface area contributed by atoms with E-state index in [2.05, 4.69) is 5.32 Å². The molecule has 2 rings (SSSR count). The van der Waals surface area contributed by atoms with Crippen LogP contribution in [0.3, 0.4) is 0 Å². The van der Waals surface area contributed by atoms with E-state index in [0.29, 0.717) is 32.9 Å². The molecule has 0 aliphatic carbocycles. The number of benzene rings is 2. The highest BCUT2D eigenvalue weighted by Crippen LogP contribution is 2.26. The third kappa shape index (κ3) is 7.08. The van der Waals surface area contributed by atoms with E-state index in [-0.39, 0.29) is 25.0 Å². The van der Waals surface area contributed by atoms with E-state index in [1.165, 1.54) is 4.90 Å². The van der Waals surface area contributed by atoms with E-state index in [9.17, 15) is 9.59 Å². The van der Waals surface area contributed by atoms with Gasteiger partial charge in [0, 0.05) is 33.7 Å². The number of carbonyl (C=O) groups excluding carboxylic acids is 2. The Balaban J connectivity index is 2.18. The maximum atomic E-state index is 13.0. The number of carbonyl (C=O) groups is 2. The predicted octanol–water partition coefficient (Wildman–Crippen LogP) is 5.36. The van der Waals surface area contributed by atoms with E-state index in [4.69, 9.17) is 39.5 Å². The van der Waals surface area contributed by atoms with E-state index >= 15 is 0 Å². The lowest BCUT2D eigenvalue weighted by Crippen LogP contribution is -2.49. The van der Waals surface area contributed by atoms with Gasteiger partial charge in [-0.1, -0.05) is 60.3 Å². The van der Waals surface area contributed by atoms with Gasteiger partial charge < -0.3 is 15.0 Å². The lowest BCUT2D eigenvalue weighted by atomic mass is 10.1. The zero-order valence-electron chi connectivity index (χ0n) is 17.0. The summed E-state index contributed by atoms with van der Waals surface area (Å²) in [5, 5.41) is 4.21. The molecule has 0 saturated carbocycles. The third-order valence-electron chi connectivity index (χ3n) is 4.55. The molecule has 0 fully saturated rings. The number of rotatable bonds is 10. The number of amides is 2. The highest BCUT2D eigenvalue weighted by atomic mass is 35.5. The van der Waals surface area contributed by atoms with Crippen LogP contribution in [0.4, 0.5) is 0 Å². The van der Waals surface area contributed by atoms with Crippen LogP contribution in [0.1, 0.15) is 32.3 Å². The van der Waals surface area contributed by atoms with Crippen molar-refractivity contribution in [1.82, 2.24) is 10.2 Å². The Morgan fingerprint density at radius 2 is 1.77 bits per heavy atom. The van der Waals surface area contributed by atoms with Crippen molar-refractivity contribution in [3.05, 3.63) is 63.1 Å². The topological polar surface area (TPSA) is 58.6 Å². The van der Waals surface area contributed by atoms with Crippen LogP contribution in [-0.4, -0.2) is 35.9 Å². The number of ether oxygens (including phenoxy) is 1. The van der Waals surface area contributed by atoms with E-state index < -0.39 is 6.04 Å². The Labute approximate surface area is 192 Å². The van der Waals surface area contributed by atoms with Crippen molar-refractivity contribution < 1.29 is 14.3 Å². The number of hydrogen-bond donors (Lipinski definition) is 1. The van der Waals surface area contributed by atoms with Crippen molar-refractivity contribution >= 4 is 46.6 Å². The monoisotopic (exact) mass is 470 g/mol. The summed E-state index contributed by atoms with van der Waals surface area (Å²) in [6, 6.07) is 11.1. The molecule has 0 spiro atoms. The highest BCUT2D eigenvalue weighted by Gasteiger charge is 2.27. The summed E-state index contributed by atoms with van der Waals surface area (Å²) < 4.78 is 5.58. The average molecular weight is 472 g/mol. The molecule has 1 N–H and O–H groups in total. The molecule has 8 heteroatoms. The first-order valence-electron chi connectivity index (χ1n) is 9.72. The number of nitrogens with zero attached hydrogens (tertiary/aromatic N) is 1. The van der Waals surface area contributed by atoms with Crippen LogP contribution < -0.4 is 10.1 Å². The Morgan fingerprint density at radius 1 is 1.10 bits per heavy atom. The molecule has 0 aromatic heterocycles. The molecule has 0 aliphatic rings. The summed E-state index contributed by atoms with van der Waals surface area (Å²) in [6.45, 7) is 4.09. The van der Waals surface area contributed by atoms with Crippen LogP contribution in [0.2, 0.25) is 15.1 Å². The molecule has 2 amide bonds. The Bertz CT molecular complexity index is 856. The second-order valence-corrected chi connectivity index (χ2v) is 8.04. The van der Waals surface area contributed by atoms with Crippen LogP contribution >= 0.6 is 34.8 Å². The van der Waals surface area contributed by atoms with Crippen LogP contribution in [-0.2, 0) is 16.1 Å². The number of unbranched alkanes of at least 4 members (excludes halogenated alkanes) is 1. The quantitative estimate of drug-likeness (QED) is 0.475. The van der Waals surface area contributed by atoms with Gasteiger partial charge in [-0.2, -0.15) is 0 Å². The maximum absolute atomic E-state index is 13.0. The zero-order chi connectivity index (χ0) is 22.1. The van der Waals surface area contributed by atoms with Gasteiger partial charge in [0.2, 0.25) is 5.91 Å². The molecule has 2 aromatic carbocycles. The minimum atomic E-state index is -0.732. The van der Waals surface area contributed by atoms with Crippen molar-refractivity contribution in [1.29, 1.82) is 0 Å². The molecule has 5 nitrogen and oxygen atoms in total. The fourth-order valence-electron chi connectivity index (χ4n) is 2.76. The summed E-state index contributed by atoms with van der Waals surface area (Å²) in [4.78, 5) is 27.0. The van der Waals surface area contributed by atoms with Gasteiger partial charge in [0.15, 0.2) is 6.61 Å². The second kappa shape index (κ2) is 12.0. The Kier molecular flexibility index (Phi) is 9.76. The summed E-state index contributed by atoms with van der Waals surface area (Å²) in [6.07, 6.45) is 1.82. The number of hydrogen-bond acceptors (Lipinski definition) is 3. The maximum Gasteiger partial charge on any atom is 0.261 e. The molecule has 0 heterocycles. The molecule has 162 valence electrons. The summed E-state index contributed by atoms with van der Waals surface area (Å²) in [7, 11) is 0. The van der Waals surface area contributed by atoms with E-state index in [1.54, 1.807) is 49.4 Å². The highest BCUT2D eigenvalue weighted by molar-refractivity contribution is 6.36. The molecular weight excluding hydrogens is 447 g/mol. The van der Waals surface area contributed by atoms with Gasteiger partial charge >= 0.3 is 0 Å². The fraction of sp³-hybridized carbons (Fsp3) is 0.364. The van der Waals surface area contributed by atoms with Gasteiger partial charge in [0.05, 0.1) is 0 Å². The van der Waals surface area contributed by atoms with Gasteiger partial charge in [0.1, 0.15) is 11.8 Å². The second-order valence-electron chi connectivity index (χ2n) is 6.79. The van der Waals surface area contributed by atoms with Crippen molar-refractivity contribution in [3.63, 3.8) is 0 Å². The van der Waals surface area contributed by atoms with Gasteiger partial charge in [-0.15, -0.1) is 0 Å². The van der Waals surface area contributed by atoms with Crippen molar-refractivity contribution in [2.45, 2.75) is 39.3 Å². The first kappa shape index (κ1) is 24.3. The molecule has 1 atom stereocenters. The minimum absolute atomic E-state index is 0.0820. The van der Waals surface area contributed by atoms with Crippen molar-refractivity contribution in [3.8, 4) is 5.75 Å². The average Bonchev–Trinajstić information content (AvgIpc) is 2.71. The molecule has 30 heavy (non-hydrogen) atoms. The normalized spacial score (nSPS) is 11.6. The summed E-state index contributed by atoms with van der Waals surface area (Å²) >= 11 is 18.5. The summed E-state index contributed by atoms with van der Waals surface area (Å²) in [5.74, 6) is -0.154. The van der Waals surface area contributed by atoms with Crippen molar-refractivity contribution in [2.24, 2.45) is 0 Å². The molecule has 1 unspecified atom stereocenters. The molecule has 0 aliphatic heterocycles. The standard InChI is InChI=1S/C22H25Cl3N2O3/c1-3-4-11-26-22(29)15(2)27(13-18-19(24)9-6-10-20(18)25)21(28)14-30-17-8-5-7-16(23)12-17/h5-10,12,15H,3-4,11,13-14H2,1-2H3,(H,26,29). The molecule has 0 radical (unpaired) electrons. The van der Waals surface area contributed by atoms with Gasteiger partial charge in [0.25, 0.3) is 5.91 Å². The molecule has 0 saturated heterocycles. The molecule has 0 bridgehead atoms. The minimum Gasteiger partial charge on any atom is -0.484 e. The largest absolute Gasteiger partial charge is 0.484 e. The van der Waals surface area contributed by atoms with Gasteiger partial charge in [-0.25, -0.2) is 0 Å². The van der Waals surface area contributed by atoms with Crippen LogP contribution in [0.5, 0.6) is 5.75 Å². The van der Waals surface area contributed by atoms with Crippen LogP contribution in [0, 0.1) is 0 Å². The zero-order valence-corrected chi connectivity index (χ0v) is 19.2. The molecular formula is C22H25Cl3N2O3. The predicted molar refractivity (Wildman–Crippen MR) is 121 cm³/mol. The van der Waals surface area contributed by atoms with E-state index in [0.717, 1.165) is 12.8 Å². The van der Waals surface area contributed by atoms with E-state index in [1.807, 2.05) is 6.92 Å². The Hall–Kier alpha value is -1.95. The SMILES string of the molecule is CCCCNC(=O)C(C)N(Cc1c(Cl)cccc1Cl)C(=O)COc1cccc(Cl)c1. The first-order chi connectivity index (χ1) is 14.3. The lowest BCUT2D eigenvalue weighted by molar-refractivity contribution is -0.142. The smallest absolute Gasteiger partial charge is 0.261 e. The number of halogens is 3.